The predicted octanol–water partition coefficient (Wildman–Crippen LogP) is 4.25. The fraction of sp³-hybridized carbons (Fsp3) is 0.350. The summed E-state index contributed by atoms with van der Waals surface area (Å²) in [5.41, 5.74) is 0.357. The van der Waals surface area contributed by atoms with Crippen molar-refractivity contribution < 1.29 is 22.1 Å². The molecule has 12 heteroatoms. The molecule has 0 unspecified atom stereocenters. The Bertz CT molecular complexity index is 1270. The van der Waals surface area contributed by atoms with E-state index in [1.54, 1.807) is 19.9 Å². The first-order valence-electron chi connectivity index (χ1n) is 9.82. The molecule has 1 aromatic carbocycles. The van der Waals surface area contributed by atoms with Gasteiger partial charge in [-0.05, 0) is 44.0 Å². The van der Waals surface area contributed by atoms with Gasteiger partial charge in [-0.3, -0.25) is 4.79 Å². The number of aryl methyl sites for hydroxylation is 2. The summed E-state index contributed by atoms with van der Waals surface area (Å²) in [5.74, 6) is -0.729. The number of piperidine rings is 1. The van der Waals surface area contributed by atoms with Gasteiger partial charge in [0.2, 0.25) is 27.6 Å². The Morgan fingerprint density at radius 1 is 1.34 bits per heavy atom. The molecule has 3 aromatic rings. The zero-order chi connectivity index (χ0) is 23.0. The highest BCUT2D eigenvalue weighted by atomic mass is 35.5. The highest BCUT2D eigenvalue weighted by molar-refractivity contribution is 7.89. The molecule has 4 rings (SSSR count). The standard InChI is InChI=1S/C20H20ClFN4O4S2/c1-11-18(9-17(31-11)19-23-12(2)30-25-19)32(28,29)26-7-3-4-13(10-26)20(27)24-14-5-6-16(22)15(21)8-14/h5-6,8-9,13H,3-4,7,10H2,1-2H3,(H,24,27)/t13-/m0/s1. The molecule has 1 aliphatic rings. The highest BCUT2D eigenvalue weighted by Gasteiger charge is 2.35. The Hall–Kier alpha value is -2.34. The van der Waals surface area contributed by atoms with Crippen molar-refractivity contribution in [2.24, 2.45) is 5.92 Å². The molecule has 170 valence electrons. The van der Waals surface area contributed by atoms with E-state index in [1.807, 2.05) is 0 Å². The molecule has 8 nitrogen and oxygen atoms in total. The number of carbonyl (C=O) groups excluding carboxylic acids is 1. The Morgan fingerprint density at radius 3 is 2.81 bits per heavy atom. The summed E-state index contributed by atoms with van der Waals surface area (Å²) in [6.07, 6.45) is 1.09. The average Bonchev–Trinajstić information content (AvgIpc) is 3.36. The molecular weight excluding hydrogens is 479 g/mol. The molecule has 3 heterocycles. The molecule has 0 spiro atoms. The van der Waals surface area contributed by atoms with Crippen molar-refractivity contribution >= 4 is 44.6 Å². The number of aromatic nitrogens is 2. The van der Waals surface area contributed by atoms with E-state index < -0.39 is 21.8 Å². The zero-order valence-electron chi connectivity index (χ0n) is 17.3. The van der Waals surface area contributed by atoms with Gasteiger partial charge in [-0.25, -0.2) is 12.8 Å². The lowest BCUT2D eigenvalue weighted by Gasteiger charge is -2.31. The molecule has 1 amide bonds. The van der Waals surface area contributed by atoms with Crippen LogP contribution in [0.25, 0.3) is 10.7 Å². The van der Waals surface area contributed by atoms with E-state index in [-0.39, 0.29) is 22.4 Å². The summed E-state index contributed by atoms with van der Waals surface area (Å²) < 4.78 is 46.4. The maximum atomic E-state index is 13.3. The highest BCUT2D eigenvalue weighted by Crippen LogP contribution is 2.35. The smallest absolute Gasteiger partial charge is 0.244 e. The number of hydrogen-bond donors (Lipinski definition) is 1. The van der Waals surface area contributed by atoms with E-state index in [0.29, 0.717) is 46.5 Å². The van der Waals surface area contributed by atoms with Crippen molar-refractivity contribution in [2.75, 3.05) is 18.4 Å². The van der Waals surface area contributed by atoms with Crippen LogP contribution in [-0.2, 0) is 14.8 Å². The van der Waals surface area contributed by atoms with E-state index in [0.717, 1.165) is 6.07 Å². The fourth-order valence-corrected chi connectivity index (χ4v) is 6.75. The monoisotopic (exact) mass is 498 g/mol. The number of carbonyl (C=O) groups is 1. The van der Waals surface area contributed by atoms with Crippen molar-refractivity contribution in [1.82, 2.24) is 14.4 Å². The van der Waals surface area contributed by atoms with Crippen LogP contribution in [0.2, 0.25) is 5.02 Å². The fourth-order valence-electron chi connectivity index (χ4n) is 3.56. The van der Waals surface area contributed by atoms with E-state index in [2.05, 4.69) is 15.5 Å². The number of benzene rings is 1. The van der Waals surface area contributed by atoms with Crippen molar-refractivity contribution in [3.05, 3.63) is 45.9 Å². The number of thiophene rings is 1. The van der Waals surface area contributed by atoms with E-state index in [1.165, 1.54) is 27.8 Å². The van der Waals surface area contributed by atoms with Gasteiger partial charge in [-0.2, -0.15) is 9.29 Å². The first-order chi connectivity index (χ1) is 15.1. The van der Waals surface area contributed by atoms with Gasteiger partial charge in [-0.1, -0.05) is 16.8 Å². The van der Waals surface area contributed by atoms with Gasteiger partial charge in [0, 0.05) is 30.6 Å². The first-order valence-corrected chi connectivity index (χ1v) is 12.5. The van der Waals surface area contributed by atoms with Gasteiger partial charge in [0.1, 0.15) is 5.82 Å². The Kier molecular flexibility index (Phi) is 6.35. The summed E-state index contributed by atoms with van der Waals surface area (Å²) >= 11 is 7.04. The van der Waals surface area contributed by atoms with Gasteiger partial charge in [0.15, 0.2) is 0 Å². The van der Waals surface area contributed by atoms with Gasteiger partial charge in [-0.15, -0.1) is 11.3 Å². The third-order valence-electron chi connectivity index (χ3n) is 5.18. The lowest BCUT2D eigenvalue weighted by molar-refractivity contribution is -0.120. The first kappa shape index (κ1) is 22.8. The minimum Gasteiger partial charge on any atom is -0.339 e. The predicted molar refractivity (Wildman–Crippen MR) is 119 cm³/mol. The van der Waals surface area contributed by atoms with Crippen molar-refractivity contribution in [3.63, 3.8) is 0 Å². The summed E-state index contributed by atoms with van der Waals surface area (Å²) in [7, 11) is -3.82. The maximum absolute atomic E-state index is 13.3. The van der Waals surface area contributed by atoms with Crippen molar-refractivity contribution in [3.8, 4) is 10.7 Å². The minimum atomic E-state index is -3.82. The molecule has 1 N–H and O–H groups in total. The largest absolute Gasteiger partial charge is 0.339 e. The second-order valence-corrected chi connectivity index (χ2v) is 11.1. The van der Waals surface area contributed by atoms with Crippen LogP contribution in [0, 0.1) is 25.6 Å². The summed E-state index contributed by atoms with van der Waals surface area (Å²) in [6.45, 7) is 3.75. The number of halogens is 2. The zero-order valence-corrected chi connectivity index (χ0v) is 19.7. The van der Waals surface area contributed by atoms with Gasteiger partial charge in [0.25, 0.3) is 0 Å². The Labute approximate surface area is 193 Å². The molecule has 1 aliphatic heterocycles. The second-order valence-electron chi connectivity index (χ2n) is 7.49. The molecule has 0 saturated carbocycles. The number of anilines is 1. The van der Waals surface area contributed by atoms with Gasteiger partial charge in [0.05, 0.1) is 20.7 Å². The van der Waals surface area contributed by atoms with Crippen LogP contribution in [0.3, 0.4) is 0 Å². The molecule has 0 radical (unpaired) electrons. The number of amides is 1. The third-order valence-corrected chi connectivity index (χ3v) is 8.64. The molecule has 2 aromatic heterocycles. The molecule has 0 bridgehead atoms. The van der Waals surface area contributed by atoms with Crippen LogP contribution in [0.15, 0.2) is 33.7 Å². The number of nitrogens with zero attached hydrogens (tertiary/aromatic N) is 3. The van der Waals surface area contributed by atoms with Gasteiger partial charge < -0.3 is 9.84 Å². The number of hydrogen-bond acceptors (Lipinski definition) is 7. The maximum Gasteiger partial charge on any atom is 0.244 e. The minimum absolute atomic E-state index is 0.0506. The lowest BCUT2D eigenvalue weighted by atomic mass is 9.99. The molecule has 1 saturated heterocycles. The number of sulfonamides is 1. The summed E-state index contributed by atoms with van der Waals surface area (Å²) in [4.78, 5) is 18.3. The molecule has 1 fully saturated rings. The summed E-state index contributed by atoms with van der Waals surface area (Å²) in [6, 6.07) is 5.44. The molecular formula is C20H20ClFN4O4S2. The van der Waals surface area contributed by atoms with E-state index in [9.17, 15) is 17.6 Å². The average molecular weight is 499 g/mol. The molecule has 32 heavy (non-hydrogen) atoms. The quantitative estimate of drug-likeness (QED) is 0.563. The van der Waals surface area contributed by atoms with Crippen molar-refractivity contribution in [2.45, 2.75) is 31.6 Å². The van der Waals surface area contributed by atoms with Crippen LogP contribution in [0.1, 0.15) is 23.6 Å². The van der Waals surface area contributed by atoms with Crippen LogP contribution in [0.4, 0.5) is 10.1 Å². The SMILES string of the molecule is Cc1nc(-c2cc(S(=O)(=O)N3CCC[C@H](C(=O)Nc4ccc(F)c(Cl)c4)C3)c(C)s2)no1. The second kappa shape index (κ2) is 8.89. The Morgan fingerprint density at radius 2 is 2.12 bits per heavy atom. The number of nitrogens with one attached hydrogen (secondary N) is 1. The topological polar surface area (TPSA) is 105 Å². The number of rotatable bonds is 5. The normalized spacial score (nSPS) is 17.4. The Balaban J connectivity index is 1.51. The van der Waals surface area contributed by atoms with Crippen LogP contribution in [0.5, 0.6) is 0 Å². The van der Waals surface area contributed by atoms with E-state index >= 15 is 0 Å². The molecule has 1 atom stereocenters. The third kappa shape index (κ3) is 4.56. The summed E-state index contributed by atoms with van der Waals surface area (Å²) in [5, 5.41) is 6.45. The van der Waals surface area contributed by atoms with Gasteiger partial charge >= 0.3 is 0 Å². The molecule has 0 aliphatic carbocycles. The van der Waals surface area contributed by atoms with E-state index in [4.69, 9.17) is 16.1 Å². The van der Waals surface area contributed by atoms with Crippen LogP contribution >= 0.6 is 22.9 Å². The lowest BCUT2D eigenvalue weighted by Crippen LogP contribution is -2.43. The van der Waals surface area contributed by atoms with Crippen LogP contribution < -0.4 is 5.32 Å². The van der Waals surface area contributed by atoms with Crippen LogP contribution in [-0.4, -0.2) is 41.9 Å². The van der Waals surface area contributed by atoms with Crippen molar-refractivity contribution in [1.29, 1.82) is 0 Å².